The molecule has 0 saturated carbocycles. The minimum atomic E-state index is 0.00401. The molecule has 2 aromatic carbocycles. The fraction of sp³-hybridized carbons (Fsp3) is 0.211. The number of amides is 1. The molecule has 1 amide bonds. The van der Waals surface area contributed by atoms with Crippen molar-refractivity contribution < 1.29 is 9.90 Å². The zero-order valence-electron chi connectivity index (χ0n) is 13.3. The highest BCUT2D eigenvalue weighted by Crippen LogP contribution is 2.20. The first kappa shape index (κ1) is 15.2. The molecule has 118 valence electrons. The summed E-state index contributed by atoms with van der Waals surface area (Å²) in [7, 11) is 1.83. The van der Waals surface area contributed by atoms with Gasteiger partial charge in [-0.1, -0.05) is 24.3 Å². The van der Waals surface area contributed by atoms with Crippen LogP contribution in [0.15, 0.2) is 54.7 Å². The van der Waals surface area contributed by atoms with Crippen molar-refractivity contribution in [3.05, 3.63) is 65.9 Å². The number of rotatable bonds is 4. The molecule has 1 aromatic heterocycles. The van der Waals surface area contributed by atoms with E-state index in [4.69, 9.17) is 0 Å². The van der Waals surface area contributed by atoms with Crippen molar-refractivity contribution in [2.24, 2.45) is 0 Å². The minimum Gasteiger partial charge on any atom is -0.508 e. The molecule has 0 aliphatic carbocycles. The van der Waals surface area contributed by atoms with Crippen LogP contribution in [0.5, 0.6) is 5.75 Å². The van der Waals surface area contributed by atoms with Crippen LogP contribution < -0.4 is 0 Å². The number of phenols is 1. The van der Waals surface area contributed by atoms with E-state index in [-0.39, 0.29) is 17.7 Å². The number of likely N-dealkylation sites (N-methyl/N-ethyl adjacent to an activating group) is 1. The van der Waals surface area contributed by atoms with Crippen molar-refractivity contribution in [2.45, 2.75) is 19.4 Å². The zero-order valence-corrected chi connectivity index (χ0v) is 13.3. The van der Waals surface area contributed by atoms with Gasteiger partial charge in [0.25, 0.3) is 5.91 Å². The van der Waals surface area contributed by atoms with E-state index in [0.29, 0.717) is 5.56 Å². The van der Waals surface area contributed by atoms with Gasteiger partial charge in [-0.15, -0.1) is 0 Å². The van der Waals surface area contributed by atoms with Crippen molar-refractivity contribution in [1.82, 2.24) is 9.88 Å². The maximum Gasteiger partial charge on any atom is 0.255 e. The van der Waals surface area contributed by atoms with Gasteiger partial charge in [0.1, 0.15) is 5.75 Å². The smallest absolute Gasteiger partial charge is 0.255 e. The molecule has 0 saturated heterocycles. The lowest BCUT2D eigenvalue weighted by Crippen LogP contribution is -2.36. The molecule has 3 rings (SSSR count). The van der Waals surface area contributed by atoms with E-state index >= 15 is 0 Å². The van der Waals surface area contributed by atoms with E-state index in [9.17, 15) is 9.90 Å². The second-order valence-electron chi connectivity index (χ2n) is 5.88. The molecule has 1 heterocycles. The molecule has 0 radical (unpaired) electrons. The normalized spacial score (nSPS) is 12.3. The average molecular weight is 308 g/mol. The van der Waals surface area contributed by atoms with Gasteiger partial charge in [0.2, 0.25) is 0 Å². The predicted molar refractivity (Wildman–Crippen MR) is 91.7 cm³/mol. The molecule has 23 heavy (non-hydrogen) atoms. The third-order valence-corrected chi connectivity index (χ3v) is 4.27. The Kier molecular flexibility index (Phi) is 4.06. The van der Waals surface area contributed by atoms with Crippen molar-refractivity contribution in [3.8, 4) is 5.75 Å². The van der Waals surface area contributed by atoms with Gasteiger partial charge in [-0.05, 0) is 43.2 Å². The first-order chi connectivity index (χ1) is 11.1. The highest BCUT2D eigenvalue weighted by molar-refractivity contribution is 6.05. The van der Waals surface area contributed by atoms with Gasteiger partial charge in [-0.25, -0.2) is 0 Å². The van der Waals surface area contributed by atoms with Crippen LogP contribution in [0.2, 0.25) is 0 Å². The van der Waals surface area contributed by atoms with E-state index in [2.05, 4.69) is 4.98 Å². The second kappa shape index (κ2) is 6.16. The van der Waals surface area contributed by atoms with Crippen LogP contribution in [0.4, 0.5) is 0 Å². The second-order valence-corrected chi connectivity index (χ2v) is 5.88. The standard InChI is InChI=1S/C19H20N2O2/c1-13(12-14-6-8-16(22)9-7-14)21(2)19(23)17-5-3-4-15-10-11-20-18(15)17/h3-11,13,20,22H,12H2,1-2H3/t13-/m0/s1. The molecule has 0 unspecified atom stereocenters. The number of aromatic amines is 1. The van der Waals surface area contributed by atoms with Crippen LogP contribution >= 0.6 is 0 Å². The zero-order chi connectivity index (χ0) is 16.4. The molecule has 0 bridgehead atoms. The highest BCUT2D eigenvalue weighted by atomic mass is 16.3. The Bertz CT molecular complexity index is 821. The predicted octanol–water partition coefficient (Wildman–Crippen LogP) is 3.58. The average Bonchev–Trinajstić information content (AvgIpc) is 3.04. The van der Waals surface area contributed by atoms with Gasteiger partial charge in [0, 0.05) is 24.7 Å². The van der Waals surface area contributed by atoms with Gasteiger partial charge in [0.05, 0.1) is 11.1 Å². The monoisotopic (exact) mass is 308 g/mol. The number of hydrogen-bond donors (Lipinski definition) is 2. The number of nitrogens with zero attached hydrogens (tertiary/aromatic N) is 1. The first-order valence-electron chi connectivity index (χ1n) is 7.67. The van der Waals surface area contributed by atoms with Crippen molar-refractivity contribution >= 4 is 16.8 Å². The molecule has 4 nitrogen and oxygen atoms in total. The molecular weight excluding hydrogens is 288 g/mol. The van der Waals surface area contributed by atoms with Crippen molar-refractivity contribution in [2.75, 3.05) is 7.05 Å². The summed E-state index contributed by atoms with van der Waals surface area (Å²) in [4.78, 5) is 17.7. The van der Waals surface area contributed by atoms with E-state index in [1.165, 1.54) is 0 Å². The number of para-hydroxylation sites is 1. The fourth-order valence-corrected chi connectivity index (χ4v) is 2.76. The Balaban J connectivity index is 1.78. The van der Waals surface area contributed by atoms with Crippen molar-refractivity contribution in [3.63, 3.8) is 0 Å². The Morgan fingerprint density at radius 1 is 1.17 bits per heavy atom. The van der Waals surface area contributed by atoms with Crippen LogP contribution in [-0.2, 0) is 6.42 Å². The number of carbonyl (C=O) groups is 1. The summed E-state index contributed by atoms with van der Waals surface area (Å²) in [6.45, 7) is 2.03. The number of phenolic OH excluding ortho intramolecular Hbond substituents is 1. The number of fused-ring (bicyclic) bond motifs is 1. The molecule has 0 aliphatic heterocycles. The Labute approximate surface area is 135 Å². The molecular formula is C19H20N2O2. The summed E-state index contributed by atoms with van der Waals surface area (Å²) in [5.41, 5.74) is 2.65. The summed E-state index contributed by atoms with van der Waals surface area (Å²) < 4.78 is 0. The first-order valence-corrected chi connectivity index (χ1v) is 7.67. The van der Waals surface area contributed by atoms with E-state index < -0.39 is 0 Å². The van der Waals surface area contributed by atoms with Gasteiger partial charge in [0.15, 0.2) is 0 Å². The van der Waals surface area contributed by atoms with Gasteiger partial charge < -0.3 is 15.0 Å². The number of aromatic hydroxyl groups is 1. The van der Waals surface area contributed by atoms with Gasteiger partial charge in [-0.3, -0.25) is 4.79 Å². The molecule has 0 spiro atoms. The maximum absolute atomic E-state index is 12.8. The van der Waals surface area contributed by atoms with Crippen LogP contribution in [-0.4, -0.2) is 34.0 Å². The Morgan fingerprint density at radius 3 is 2.65 bits per heavy atom. The molecule has 0 fully saturated rings. The number of nitrogens with one attached hydrogen (secondary N) is 1. The summed E-state index contributed by atoms with van der Waals surface area (Å²) in [5.74, 6) is 0.258. The number of carbonyl (C=O) groups excluding carboxylic acids is 1. The number of hydrogen-bond acceptors (Lipinski definition) is 2. The molecule has 1 atom stereocenters. The van der Waals surface area contributed by atoms with Crippen LogP contribution in [0.25, 0.3) is 10.9 Å². The third kappa shape index (κ3) is 3.06. The summed E-state index contributed by atoms with van der Waals surface area (Å²) in [5, 5.41) is 10.4. The Hall–Kier alpha value is -2.75. The maximum atomic E-state index is 12.8. The summed E-state index contributed by atoms with van der Waals surface area (Å²) in [6.07, 6.45) is 2.59. The molecule has 0 aliphatic rings. The van der Waals surface area contributed by atoms with Crippen LogP contribution in [0, 0.1) is 0 Å². The molecule has 2 N–H and O–H groups in total. The lowest BCUT2D eigenvalue weighted by molar-refractivity contribution is 0.0745. The van der Waals surface area contributed by atoms with Crippen LogP contribution in [0.1, 0.15) is 22.8 Å². The van der Waals surface area contributed by atoms with E-state index in [1.54, 1.807) is 17.0 Å². The molecule has 4 heteroatoms. The lowest BCUT2D eigenvalue weighted by Gasteiger charge is -2.25. The third-order valence-electron chi connectivity index (χ3n) is 4.27. The summed E-state index contributed by atoms with van der Waals surface area (Å²) in [6, 6.07) is 14.9. The quantitative estimate of drug-likeness (QED) is 0.774. The van der Waals surface area contributed by atoms with Crippen LogP contribution in [0.3, 0.4) is 0 Å². The fourth-order valence-electron chi connectivity index (χ4n) is 2.76. The van der Waals surface area contributed by atoms with Gasteiger partial charge >= 0.3 is 0 Å². The lowest BCUT2D eigenvalue weighted by atomic mass is 10.0. The topological polar surface area (TPSA) is 56.3 Å². The van der Waals surface area contributed by atoms with E-state index in [0.717, 1.165) is 22.9 Å². The van der Waals surface area contributed by atoms with Crippen molar-refractivity contribution in [1.29, 1.82) is 0 Å². The number of aromatic nitrogens is 1. The Morgan fingerprint density at radius 2 is 1.91 bits per heavy atom. The number of benzene rings is 2. The SMILES string of the molecule is C[C@@H](Cc1ccc(O)cc1)N(C)C(=O)c1cccc2cc[nH]c12. The molecule has 3 aromatic rings. The van der Waals surface area contributed by atoms with E-state index in [1.807, 2.05) is 56.6 Å². The number of H-pyrrole nitrogens is 1. The van der Waals surface area contributed by atoms with Gasteiger partial charge in [-0.2, -0.15) is 0 Å². The summed E-state index contributed by atoms with van der Waals surface area (Å²) >= 11 is 0. The highest BCUT2D eigenvalue weighted by Gasteiger charge is 2.20. The minimum absolute atomic E-state index is 0.00401. The largest absolute Gasteiger partial charge is 0.508 e.